The fourth-order valence-corrected chi connectivity index (χ4v) is 10.8. The highest BCUT2D eigenvalue weighted by Gasteiger charge is 2.70. The van der Waals surface area contributed by atoms with Gasteiger partial charge in [-0.25, -0.2) is 0 Å². The number of anilines is 1. The Morgan fingerprint density at radius 3 is 2.30 bits per heavy atom. The van der Waals surface area contributed by atoms with E-state index in [1.54, 1.807) is 55.6 Å². The molecule has 2 saturated carbocycles. The third kappa shape index (κ3) is 5.48. The summed E-state index contributed by atoms with van der Waals surface area (Å²) in [6.07, 6.45) is 7.08. The van der Waals surface area contributed by atoms with Crippen LogP contribution in [0, 0.1) is 23.7 Å². The first-order valence-electron chi connectivity index (χ1n) is 17.9. The van der Waals surface area contributed by atoms with E-state index < -0.39 is 46.8 Å². The number of phenolic OH excluding ortho intramolecular Hbond substituents is 1. The molecule has 0 aromatic heterocycles. The molecule has 0 spiro atoms. The third-order valence-electron chi connectivity index (χ3n) is 12.2. The van der Waals surface area contributed by atoms with Crippen LogP contribution in [-0.4, -0.2) is 58.9 Å². The van der Waals surface area contributed by atoms with E-state index in [4.69, 9.17) is 32.7 Å². The van der Waals surface area contributed by atoms with Crippen LogP contribution >= 0.6 is 39.1 Å². The van der Waals surface area contributed by atoms with Crippen LogP contribution in [0.5, 0.6) is 17.2 Å². The first-order valence-corrected chi connectivity index (χ1v) is 19.4. The van der Waals surface area contributed by atoms with Crippen molar-refractivity contribution in [3.63, 3.8) is 0 Å². The number of benzene rings is 3. The molecule has 4 fully saturated rings. The molecule has 4 amide bonds. The van der Waals surface area contributed by atoms with Gasteiger partial charge in [-0.1, -0.05) is 66.2 Å². The molecule has 3 aliphatic carbocycles. The first-order chi connectivity index (χ1) is 25.5. The summed E-state index contributed by atoms with van der Waals surface area (Å²) in [7, 11) is 2.99. The lowest BCUT2D eigenvalue weighted by atomic mass is 9.49. The van der Waals surface area contributed by atoms with Gasteiger partial charge >= 0.3 is 0 Å². The molecule has 0 radical (unpaired) electrons. The number of nitrogens with zero attached hydrogens (tertiary/aromatic N) is 2. The summed E-state index contributed by atoms with van der Waals surface area (Å²) in [5, 5.41) is 12.6. The Kier molecular flexibility index (Phi) is 9.26. The predicted molar refractivity (Wildman–Crippen MR) is 202 cm³/mol. The number of ether oxygens (including phenoxy) is 2. The highest BCUT2D eigenvalue weighted by molar-refractivity contribution is 9.10. The van der Waals surface area contributed by atoms with Crippen molar-refractivity contribution in [1.82, 2.24) is 9.91 Å². The number of fused-ring (bicyclic) bond motifs is 4. The van der Waals surface area contributed by atoms with Crippen LogP contribution < -0.4 is 14.9 Å². The van der Waals surface area contributed by atoms with Crippen molar-refractivity contribution < 1.29 is 33.8 Å². The molecule has 0 unspecified atom stereocenters. The number of allylic oxidation sites excluding steroid dienone is 2. The van der Waals surface area contributed by atoms with Crippen LogP contribution in [0.2, 0.25) is 10.0 Å². The van der Waals surface area contributed by atoms with Gasteiger partial charge in [-0.2, -0.15) is 5.01 Å². The number of carbonyl (C=O) groups excluding carboxylic acids is 4. The van der Waals surface area contributed by atoms with E-state index in [1.165, 1.54) is 18.1 Å². The number of likely N-dealkylation sites (tertiary alicyclic amines) is 1. The number of methoxy groups -OCH3 is 2. The minimum Gasteiger partial charge on any atom is -0.503 e. The van der Waals surface area contributed by atoms with Crippen molar-refractivity contribution in [3.05, 3.63) is 91.9 Å². The van der Waals surface area contributed by atoms with Gasteiger partial charge in [0.1, 0.15) is 5.75 Å². The number of amides is 4. The average Bonchev–Trinajstić information content (AvgIpc) is 3.54. The van der Waals surface area contributed by atoms with E-state index >= 15 is 4.79 Å². The van der Waals surface area contributed by atoms with E-state index in [9.17, 15) is 19.5 Å². The number of nitrogens with one attached hydrogen (secondary N) is 1. The average molecular weight is 824 g/mol. The Bertz CT molecular complexity index is 2070. The monoisotopic (exact) mass is 821 g/mol. The molecule has 2 aliphatic heterocycles. The number of rotatable bonds is 7. The molecule has 10 nitrogen and oxygen atoms in total. The smallest absolute Gasteiger partial charge is 0.260 e. The van der Waals surface area contributed by atoms with E-state index in [-0.39, 0.29) is 40.8 Å². The quantitative estimate of drug-likeness (QED) is 0.183. The number of hydrogen-bond acceptors (Lipinski definition) is 8. The van der Waals surface area contributed by atoms with Crippen LogP contribution in [0.3, 0.4) is 0 Å². The lowest BCUT2D eigenvalue weighted by molar-refractivity contribution is -0.144. The Labute approximate surface area is 325 Å². The Morgan fingerprint density at radius 2 is 1.62 bits per heavy atom. The molecule has 2 heterocycles. The number of halogens is 3. The highest BCUT2D eigenvalue weighted by Crippen LogP contribution is 2.65. The van der Waals surface area contributed by atoms with Gasteiger partial charge < -0.3 is 14.6 Å². The van der Waals surface area contributed by atoms with Crippen molar-refractivity contribution in [1.29, 1.82) is 0 Å². The first kappa shape index (κ1) is 35.9. The highest BCUT2D eigenvalue weighted by atomic mass is 79.9. The molecule has 0 bridgehead atoms. The van der Waals surface area contributed by atoms with Gasteiger partial charge in [0.15, 0.2) is 11.5 Å². The number of hydrogen-bond donors (Lipinski definition) is 2. The summed E-state index contributed by atoms with van der Waals surface area (Å²) < 4.78 is 11.4. The fraction of sp³-hybridized carbons (Fsp3) is 0.400. The number of imide groups is 2. The maximum Gasteiger partial charge on any atom is 0.260 e. The number of phenols is 1. The maximum absolute atomic E-state index is 15.5. The van der Waals surface area contributed by atoms with Crippen LogP contribution in [0.25, 0.3) is 0 Å². The second kappa shape index (κ2) is 13.7. The Balaban J connectivity index is 1.34. The molecule has 13 heteroatoms. The normalized spacial score (nSPS) is 28.4. The summed E-state index contributed by atoms with van der Waals surface area (Å²) in [6, 6.07) is 15.1. The van der Waals surface area contributed by atoms with E-state index in [0.717, 1.165) is 42.7 Å². The summed E-state index contributed by atoms with van der Waals surface area (Å²) in [5.41, 5.74) is 3.75. The lowest BCUT2D eigenvalue weighted by Gasteiger charge is -2.50. The van der Waals surface area contributed by atoms with Crippen molar-refractivity contribution in [3.8, 4) is 17.2 Å². The van der Waals surface area contributed by atoms with Gasteiger partial charge in [0.25, 0.3) is 11.8 Å². The molecule has 276 valence electrons. The number of aromatic hydroxyl groups is 1. The number of hydrazine groups is 1. The van der Waals surface area contributed by atoms with Gasteiger partial charge in [0.2, 0.25) is 11.8 Å². The summed E-state index contributed by atoms with van der Waals surface area (Å²) in [6.45, 7) is 0. The SMILES string of the molecule is COc1ccc([C@@]23C(=O)N(Nc4ccc(Cl)cc4Cl)C(=O)[C@@H]2C[C@@H]2C(=CC[C@@H]4C(=O)N(C5CCCCC5)C(=O)[C@@H]42)[C@@H]3c2cc(Br)c(O)c(OC)c2)cc1. The zero-order valence-electron chi connectivity index (χ0n) is 29.1. The number of carbonyl (C=O) groups is 4. The molecule has 5 aliphatic rings. The second-order valence-electron chi connectivity index (χ2n) is 14.6. The summed E-state index contributed by atoms with van der Waals surface area (Å²) in [4.78, 5) is 60.6. The zero-order chi connectivity index (χ0) is 37.3. The van der Waals surface area contributed by atoms with E-state index in [0.29, 0.717) is 38.5 Å². The van der Waals surface area contributed by atoms with Crippen LogP contribution in [0.1, 0.15) is 62.0 Å². The van der Waals surface area contributed by atoms with E-state index in [2.05, 4.69) is 21.4 Å². The van der Waals surface area contributed by atoms with E-state index in [1.807, 2.05) is 6.08 Å². The molecule has 3 aromatic rings. The maximum atomic E-state index is 15.5. The van der Waals surface area contributed by atoms with Gasteiger partial charge in [-0.05, 0) is 101 Å². The molecule has 8 rings (SSSR count). The molecule has 2 saturated heterocycles. The standard InChI is InChI=1S/C40H38BrCl2N3O7/c1-52-24-11-8-21(9-12-24)40-28(37(49)46(39(40)51)44-31-15-10-22(42)18-30(31)43)19-27-25(34(40)20-16-29(41)35(47)32(17-20)53-2)13-14-26-33(27)38(50)45(36(26)48)23-6-4-3-5-7-23/h8-13,15-18,23,26-28,33-34,44,47H,3-7,14,19H2,1-2H3/t26-,27+,28-,33-,34-,40+/m0/s1. The molecule has 6 atom stereocenters. The lowest BCUT2D eigenvalue weighted by Crippen LogP contribution is -2.53. The molecule has 3 aromatic carbocycles. The molecule has 53 heavy (non-hydrogen) atoms. The molecule has 2 N–H and O–H groups in total. The summed E-state index contributed by atoms with van der Waals surface area (Å²) >= 11 is 16.2. The molecular formula is C40H38BrCl2N3O7. The Morgan fingerprint density at radius 1 is 0.887 bits per heavy atom. The zero-order valence-corrected chi connectivity index (χ0v) is 32.2. The fourth-order valence-electron chi connectivity index (χ4n) is 9.86. The van der Waals surface area contributed by atoms with Gasteiger partial charge in [-0.15, -0.1) is 0 Å². The van der Waals surface area contributed by atoms with Gasteiger partial charge in [0.05, 0.1) is 52.6 Å². The van der Waals surface area contributed by atoms with Crippen LogP contribution in [0.15, 0.2) is 70.7 Å². The van der Waals surface area contributed by atoms with Crippen LogP contribution in [0.4, 0.5) is 5.69 Å². The predicted octanol–water partition coefficient (Wildman–Crippen LogP) is 7.80. The summed E-state index contributed by atoms with van der Waals surface area (Å²) in [5.74, 6) is -4.27. The minimum atomic E-state index is -1.54. The Hall–Kier alpha value is -4.06. The van der Waals surface area contributed by atoms with Crippen molar-refractivity contribution in [2.45, 2.75) is 62.3 Å². The van der Waals surface area contributed by atoms with Gasteiger partial charge in [-0.3, -0.25) is 29.5 Å². The second-order valence-corrected chi connectivity index (χ2v) is 16.3. The van der Waals surface area contributed by atoms with Crippen LogP contribution in [-0.2, 0) is 24.6 Å². The largest absolute Gasteiger partial charge is 0.503 e. The third-order valence-corrected chi connectivity index (χ3v) is 13.3. The molecular weight excluding hydrogens is 785 g/mol. The van der Waals surface area contributed by atoms with Crippen molar-refractivity contribution >= 4 is 68.4 Å². The van der Waals surface area contributed by atoms with Crippen molar-refractivity contribution in [2.75, 3.05) is 19.6 Å². The minimum absolute atomic E-state index is 0.120. The topological polar surface area (TPSA) is 125 Å². The van der Waals surface area contributed by atoms with Gasteiger partial charge in [0, 0.05) is 17.0 Å². The van der Waals surface area contributed by atoms with Crippen molar-refractivity contribution in [2.24, 2.45) is 23.7 Å².